The molecular formula is C18H20N4O2S. The minimum atomic E-state index is -0.499. The summed E-state index contributed by atoms with van der Waals surface area (Å²) in [6.45, 7) is 0. The largest absolute Gasteiger partial charge is 0.378 e. The highest BCUT2D eigenvalue weighted by molar-refractivity contribution is 7.99. The number of para-hydroxylation sites is 1. The van der Waals surface area contributed by atoms with Gasteiger partial charge in [-0.3, -0.25) is 9.78 Å². The van der Waals surface area contributed by atoms with Crippen molar-refractivity contribution in [2.75, 3.05) is 38.0 Å². The van der Waals surface area contributed by atoms with Crippen molar-refractivity contribution in [3.05, 3.63) is 57.2 Å². The van der Waals surface area contributed by atoms with E-state index in [9.17, 15) is 9.59 Å². The Hall–Kier alpha value is -2.67. The summed E-state index contributed by atoms with van der Waals surface area (Å²) in [7, 11) is 7.99. The number of nitrogens with one attached hydrogen (secondary N) is 2. The van der Waals surface area contributed by atoms with Gasteiger partial charge in [-0.15, -0.1) is 0 Å². The van der Waals surface area contributed by atoms with Crippen LogP contribution >= 0.6 is 11.8 Å². The third kappa shape index (κ3) is 3.56. The lowest BCUT2D eigenvalue weighted by Gasteiger charge is -2.20. The first-order chi connectivity index (χ1) is 11.8. The maximum absolute atomic E-state index is 12.0. The number of H-pyrrole nitrogens is 2. The topological polar surface area (TPSA) is 72.2 Å². The lowest BCUT2D eigenvalue weighted by molar-refractivity contribution is 1.07. The van der Waals surface area contributed by atoms with Crippen LogP contribution in [0.5, 0.6) is 0 Å². The van der Waals surface area contributed by atoms with E-state index in [1.165, 1.54) is 11.8 Å². The molecule has 0 fully saturated rings. The second-order valence-electron chi connectivity index (χ2n) is 6.16. The number of rotatable bonds is 4. The van der Waals surface area contributed by atoms with Gasteiger partial charge in [0.2, 0.25) is 0 Å². The van der Waals surface area contributed by atoms with Gasteiger partial charge >= 0.3 is 5.69 Å². The molecule has 130 valence electrons. The van der Waals surface area contributed by atoms with Crippen LogP contribution in [0.2, 0.25) is 0 Å². The van der Waals surface area contributed by atoms with Crippen LogP contribution in [-0.4, -0.2) is 38.2 Å². The van der Waals surface area contributed by atoms with E-state index >= 15 is 0 Å². The minimum Gasteiger partial charge on any atom is -0.378 e. The molecule has 0 aliphatic heterocycles. The second-order valence-corrected chi connectivity index (χ2v) is 7.28. The SMILES string of the molecule is CN(C)c1cc(Sc2cccc3c(=O)[nH]c(=O)[nH]c23)cc(N(C)C)c1. The van der Waals surface area contributed by atoms with Crippen LogP contribution in [0.15, 0.2) is 55.8 Å². The van der Waals surface area contributed by atoms with Crippen molar-refractivity contribution in [1.82, 2.24) is 9.97 Å². The fourth-order valence-corrected chi connectivity index (χ4v) is 3.54. The van der Waals surface area contributed by atoms with Gasteiger partial charge in [0.05, 0.1) is 10.9 Å². The first-order valence-corrected chi connectivity index (χ1v) is 8.60. The smallest absolute Gasteiger partial charge is 0.326 e. The molecule has 0 saturated carbocycles. The first-order valence-electron chi connectivity index (χ1n) is 7.78. The Labute approximate surface area is 149 Å². The number of benzene rings is 2. The molecule has 7 heteroatoms. The van der Waals surface area contributed by atoms with Crippen molar-refractivity contribution < 1.29 is 0 Å². The molecule has 1 aromatic heterocycles. The molecule has 0 unspecified atom stereocenters. The van der Waals surface area contributed by atoms with Crippen molar-refractivity contribution in [2.45, 2.75) is 9.79 Å². The van der Waals surface area contributed by atoms with Crippen molar-refractivity contribution in [2.24, 2.45) is 0 Å². The average Bonchev–Trinajstić information content (AvgIpc) is 2.55. The van der Waals surface area contributed by atoms with Gasteiger partial charge in [0.25, 0.3) is 5.56 Å². The molecule has 0 saturated heterocycles. The third-order valence-electron chi connectivity index (χ3n) is 3.87. The summed E-state index contributed by atoms with van der Waals surface area (Å²) >= 11 is 1.52. The number of fused-ring (bicyclic) bond motifs is 1. The summed E-state index contributed by atoms with van der Waals surface area (Å²) in [4.78, 5) is 34.6. The normalized spacial score (nSPS) is 10.9. The Morgan fingerprint density at radius 3 is 2.12 bits per heavy atom. The predicted octanol–water partition coefficient (Wildman–Crippen LogP) is 2.50. The zero-order chi connectivity index (χ0) is 18.1. The molecule has 0 aliphatic rings. The van der Waals surface area contributed by atoms with Crippen LogP contribution in [0.3, 0.4) is 0 Å². The van der Waals surface area contributed by atoms with Crippen molar-refractivity contribution in [3.8, 4) is 0 Å². The molecule has 6 nitrogen and oxygen atoms in total. The molecule has 3 aromatic rings. The molecule has 1 heterocycles. The maximum Gasteiger partial charge on any atom is 0.326 e. The van der Waals surface area contributed by atoms with Gasteiger partial charge in [0.15, 0.2) is 0 Å². The molecule has 3 rings (SSSR count). The van der Waals surface area contributed by atoms with Crippen molar-refractivity contribution >= 4 is 34.0 Å². The molecular weight excluding hydrogens is 336 g/mol. The Bertz CT molecular complexity index is 1010. The highest BCUT2D eigenvalue weighted by Crippen LogP contribution is 2.35. The Morgan fingerprint density at radius 1 is 0.880 bits per heavy atom. The number of anilines is 2. The average molecular weight is 356 g/mol. The number of aromatic amines is 2. The monoisotopic (exact) mass is 356 g/mol. The van der Waals surface area contributed by atoms with Gasteiger partial charge < -0.3 is 14.8 Å². The van der Waals surface area contributed by atoms with Gasteiger partial charge in [-0.25, -0.2) is 4.79 Å². The van der Waals surface area contributed by atoms with Gasteiger partial charge in [-0.05, 0) is 30.3 Å². The zero-order valence-corrected chi connectivity index (χ0v) is 15.4. The van der Waals surface area contributed by atoms with Gasteiger partial charge in [-0.1, -0.05) is 17.8 Å². The summed E-state index contributed by atoms with van der Waals surface area (Å²) < 4.78 is 0. The molecule has 0 atom stereocenters. The lowest BCUT2D eigenvalue weighted by Crippen LogP contribution is -2.22. The van der Waals surface area contributed by atoms with Crippen LogP contribution < -0.4 is 21.0 Å². The fraction of sp³-hybridized carbons (Fsp3) is 0.222. The van der Waals surface area contributed by atoms with Crippen LogP contribution in [0.4, 0.5) is 11.4 Å². The molecule has 0 spiro atoms. The first kappa shape index (κ1) is 17.2. The standard InChI is InChI=1S/C18H20N4O2S/c1-21(2)11-8-12(22(3)4)10-13(9-11)25-15-7-5-6-14-16(15)19-18(24)20-17(14)23/h5-10H,1-4H3,(H2,19,20,23,24). The Balaban J connectivity index is 2.13. The summed E-state index contributed by atoms with van der Waals surface area (Å²) in [5.41, 5.74) is 1.85. The number of nitrogens with zero attached hydrogens (tertiary/aromatic N) is 2. The van der Waals surface area contributed by atoms with Gasteiger partial charge in [-0.2, -0.15) is 0 Å². The van der Waals surface area contributed by atoms with E-state index in [2.05, 4.69) is 28.2 Å². The van der Waals surface area contributed by atoms with Crippen LogP contribution in [-0.2, 0) is 0 Å². The minimum absolute atomic E-state index is 0.378. The van der Waals surface area contributed by atoms with Crippen molar-refractivity contribution in [1.29, 1.82) is 0 Å². The number of hydrogen-bond acceptors (Lipinski definition) is 5. The maximum atomic E-state index is 12.0. The highest BCUT2D eigenvalue weighted by Gasteiger charge is 2.10. The number of hydrogen-bond donors (Lipinski definition) is 2. The van der Waals surface area contributed by atoms with E-state index in [1.54, 1.807) is 6.07 Å². The summed E-state index contributed by atoms with van der Waals surface area (Å²) in [5.74, 6) is 0. The van der Waals surface area contributed by atoms with Gasteiger partial charge in [0.1, 0.15) is 0 Å². The molecule has 2 N–H and O–H groups in total. The summed E-state index contributed by atoms with van der Waals surface area (Å²) in [5, 5.41) is 0.473. The Morgan fingerprint density at radius 2 is 1.52 bits per heavy atom. The molecule has 25 heavy (non-hydrogen) atoms. The lowest BCUT2D eigenvalue weighted by atomic mass is 10.2. The van der Waals surface area contributed by atoms with E-state index < -0.39 is 5.69 Å². The predicted molar refractivity (Wildman–Crippen MR) is 104 cm³/mol. The molecule has 0 radical (unpaired) electrons. The summed E-state index contributed by atoms with van der Waals surface area (Å²) in [6.07, 6.45) is 0. The van der Waals surface area contributed by atoms with Crippen molar-refractivity contribution in [3.63, 3.8) is 0 Å². The van der Waals surface area contributed by atoms with E-state index in [-0.39, 0.29) is 5.56 Å². The van der Waals surface area contributed by atoms with Gasteiger partial charge in [0, 0.05) is 49.4 Å². The highest BCUT2D eigenvalue weighted by atomic mass is 32.2. The molecule has 0 aliphatic carbocycles. The molecule has 2 aromatic carbocycles. The molecule has 0 amide bonds. The summed E-state index contributed by atoms with van der Waals surface area (Å²) in [6, 6.07) is 11.7. The Kier molecular flexibility index (Phi) is 4.59. The van der Waals surface area contributed by atoms with E-state index in [1.807, 2.05) is 50.1 Å². The second kappa shape index (κ2) is 6.68. The van der Waals surface area contributed by atoms with Crippen LogP contribution in [0.1, 0.15) is 0 Å². The quantitative estimate of drug-likeness (QED) is 0.751. The third-order valence-corrected chi connectivity index (χ3v) is 4.90. The van der Waals surface area contributed by atoms with E-state index in [0.29, 0.717) is 10.9 Å². The van der Waals surface area contributed by atoms with Crippen LogP contribution in [0, 0.1) is 0 Å². The molecule has 0 bridgehead atoms. The fourth-order valence-electron chi connectivity index (χ4n) is 2.52. The van der Waals surface area contributed by atoms with E-state index in [4.69, 9.17) is 0 Å². The number of aromatic nitrogens is 2. The van der Waals surface area contributed by atoms with E-state index in [0.717, 1.165) is 21.2 Å². The zero-order valence-electron chi connectivity index (χ0n) is 14.6. The van der Waals surface area contributed by atoms with Crippen LogP contribution in [0.25, 0.3) is 10.9 Å².